The summed E-state index contributed by atoms with van der Waals surface area (Å²) >= 11 is 0. The molecule has 0 fully saturated rings. The summed E-state index contributed by atoms with van der Waals surface area (Å²) in [5.74, 6) is -0.00772. The van der Waals surface area contributed by atoms with Crippen LogP contribution in [0.1, 0.15) is 28.4 Å². The van der Waals surface area contributed by atoms with Gasteiger partial charge in [-0.15, -0.1) is 0 Å². The molecule has 2 aromatic carbocycles. The van der Waals surface area contributed by atoms with E-state index < -0.39 is 5.97 Å². The third-order valence-corrected chi connectivity index (χ3v) is 3.83. The Hall–Kier alpha value is -2.82. The van der Waals surface area contributed by atoms with Crippen molar-refractivity contribution in [2.75, 3.05) is 20.3 Å². The number of amides is 1. The highest BCUT2D eigenvalue weighted by Crippen LogP contribution is 2.11. The number of aryl methyl sites for hydroxylation is 1. The molecule has 0 aromatic heterocycles. The summed E-state index contributed by atoms with van der Waals surface area (Å²) in [6.07, 6.45) is 1.61. The number of hydrogen-bond acceptors (Lipinski definition) is 4. The highest BCUT2D eigenvalue weighted by molar-refractivity contribution is 5.91. The molecule has 0 aliphatic rings. The molecule has 0 heterocycles. The molecule has 0 bridgehead atoms. The first-order chi connectivity index (χ1) is 12.1. The number of esters is 1. The highest BCUT2D eigenvalue weighted by atomic mass is 16.5. The molecule has 2 aromatic rings. The van der Waals surface area contributed by atoms with Gasteiger partial charge in [0.25, 0.3) is 5.91 Å². The molecule has 0 saturated carbocycles. The average molecular weight is 341 g/mol. The van der Waals surface area contributed by atoms with Crippen molar-refractivity contribution in [1.82, 2.24) is 5.32 Å². The van der Waals surface area contributed by atoms with Gasteiger partial charge in [-0.25, -0.2) is 4.79 Å². The van der Waals surface area contributed by atoms with Crippen LogP contribution in [0.2, 0.25) is 0 Å². The van der Waals surface area contributed by atoms with E-state index >= 15 is 0 Å². The molecule has 0 saturated heterocycles. The van der Waals surface area contributed by atoms with Crippen molar-refractivity contribution < 1.29 is 19.1 Å². The van der Waals surface area contributed by atoms with Crippen molar-refractivity contribution in [1.29, 1.82) is 0 Å². The maximum atomic E-state index is 11.9. The normalized spacial score (nSPS) is 10.2. The van der Waals surface area contributed by atoms with E-state index in [9.17, 15) is 9.59 Å². The van der Waals surface area contributed by atoms with Crippen LogP contribution in [0, 0.1) is 0 Å². The van der Waals surface area contributed by atoms with Gasteiger partial charge in [-0.1, -0.05) is 31.2 Å². The van der Waals surface area contributed by atoms with Gasteiger partial charge in [-0.2, -0.15) is 0 Å². The van der Waals surface area contributed by atoms with Crippen LogP contribution in [0.25, 0.3) is 0 Å². The Kier molecular flexibility index (Phi) is 7.01. The van der Waals surface area contributed by atoms with Crippen LogP contribution in [0.4, 0.5) is 0 Å². The SMILES string of the molecule is CCc1ccc(C(=O)OCC(=O)NCCc2ccc(OC)cc2)cc1. The first kappa shape index (κ1) is 18.5. The van der Waals surface area contributed by atoms with Crippen LogP contribution >= 0.6 is 0 Å². The first-order valence-corrected chi connectivity index (χ1v) is 8.28. The molecular weight excluding hydrogens is 318 g/mol. The van der Waals surface area contributed by atoms with Gasteiger partial charge in [0.05, 0.1) is 12.7 Å². The lowest BCUT2D eigenvalue weighted by Gasteiger charge is -2.07. The summed E-state index contributed by atoms with van der Waals surface area (Å²) in [5.41, 5.74) is 2.69. The lowest BCUT2D eigenvalue weighted by atomic mass is 10.1. The number of benzene rings is 2. The van der Waals surface area contributed by atoms with Crippen LogP contribution in [0.15, 0.2) is 48.5 Å². The van der Waals surface area contributed by atoms with Gasteiger partial charge >= 0.3 is 5.97 Å². The first-order valence-electron chi connectivity index (χ1n) is 8.28. The monoisotopic (exact) mass is 341 g/mol. The van der Waals surface area contributed by atoms with Crippen LogP contribution in [-0.4, -0.2) is 32.1 Å². The van der Waals surface area contributed by atoms with Crippen LogP contribution in [0.3, 0.4) is 0 Å². The maximum absolute atomic E-state index is 11.9. The fourth-order valence-electron chi connectivity index (χ4n) is 2.28. The van der Waals surface area contributed by atoms with Gasteiger partial charge in [0.15, 0.2) is 6.61 Å². The van der Waals surface area contributed by atoms with E-state index in [1.165, 1.54) is 0 Å². The van der Waals surface area contributed by atoms with E-state index in [0.717, 1.165) is 23.3 Å². The third-order valence-electron chi connectivity index (χ3n) is 3.83. The molecule has 0 unspecified atom stereocenters. The minimum absolute atomic E-state index is 0.281. The number of carbonyl (C=O) groups is 2. The van der Waals surface area contributed by atoms with Gasteiger partial charge in [-0.05, 0) is 48.2 Å². The predicted octanol–water partition coefficient (Wildman–Crippen LogP) is 2.77. The number of carbonyl (C=O) groups excluding carboxylic acids is 2. The van der Waals surface area contributed by atoms with Crippen molar-refractivity contribution in [2.45, 2.75) is 19.8 Å². The van der Waals surface area contributed by atoms with Gasteiger partial charge in [-0.3, -0.25) is 4.79 Å². The summed E-state index contributed by atoms with van der Waals surface area (Å²) in [6, 6.07) is 14.8. The highest BCUT2D eigenvalue weighted by Gasteiger charge is 2.09. The van der Waals surface area contributed by atoms with E-state index in [1.54, 1.807) is 19.2 Å². The standard InChI is InChI=1S/C20H23NO4/c1-3-15-4-8-17(9-5-15)20(23)25-14-19(22)21-13-12-16-6-10-18(24-2)11-7-16/h4-11H,3,12-14H2,1-2H3,(H,21,22). The van der Waals surface area contributed by atoms with Gasteiger partial charge < -0.3 is 14.8 Å². The Bertz CT molecular complexity index is 693. The lowest BCUT2D eigenvalue weighted by molar-refractivity contribution is -0.124. The molecule has 25 heavy (non-hydrogen) atoms. The van der Waals surface area contributed by atoms with E-state index in [-0.39, 0.29) is 12.5 Å². The van der Waals surface area contributed by atoms with Crippen molar-refractivity contribution in [2.24, 2.45) is 0 Å². The van der Waals surface area contributed by atoms with Crippen molar-refractivity contribution in [3.8, 4) is 5.75 Å². The fourth-order valence-corrected chi connectivity index (χ4v) is 2.28. The van der Waals surface area contributed by atoms with Crippen molar-refractivity contribution in [3.05, 3.63) is 65.2 Å². The zero-order chi connectivity index (χ0) is 18.1. The Morgan fingerprint density at radius 1 is 0.960 bits per heavy atom. The summed E-state index contributed by atoms with van der Waals surface area (Å²) in [6.45, 7) is 2.24. The van der Waals surface area contributed by atoms with Crippen LogP contribution in [-0.2, 0) is 22.4 Å². The van der Waals surface area contributed by atoms with Crippen LogP contribution in [0.5, 0.6) is 5.75 Å². The second-order valence-corrected chi connectivity index (χ2v) is 5.57. The summed E-state index contributed by atoms with van der Waals surface area (Å²) in [7, 11) is 1.62. The average Bonchev–Trinajstić information content (AvgIpc) is 2.66. The Morgan fingerprint density at radius 3 is 2.20 bits per heavy atom. The predicted molar refractivity (Wildman–Crippen MR) is 95.8 cm³/mol. The largest absolute Gasteiger partial charge is 0.497 e. The second-order valence-electron chi connectivity index (χ2n) is 5.57. The molecule has 5 nitrogen and oxygen atoms in total. The smallest absolute Gasteiger partial charge is 0.338 e. The van der Waals surface area contributed by atoms with E-state index in [2.05, 4.69) is 5.32 Å². The second kappa shape index (κ2) is 9.47. The molecular formula is C20H23NO4. The molecule has 0 aliphatic heterocycles. The number of ether oxygens (including phenoxy) is 2. The molecule has 0 atom stereocenters. The summed E-state index contributed by atoms with van der Waals surface area (Å²) < 4.78 is 10.1. The Labute approximate surface area is 148 Å². The number of nitrogens with one attached hydrogen (secondary N) is 1. The minimum Gasteiger partial charge on any atom is -0.497 e. The zero-order valence-corrected chi connectivity index (χ0v) is 14.6. The molecule has 132 valence electrons. The summed E-state index contributed by atoms with van der Waals surface area (Å²) in [4.78, 5) is 23.7. The fraction of sp³-hybridized carbons (Fsp3) is 0.300. The zero-order valence-electron chi connectivity index (χ0n) is 14.6. The van der Waals surface area contributed by atoms with E-state index in [0.29, 0.717) is 18.5 Å². The molecule has 1 amide bonds. The molecule has 0 aliphatic carbocycles. The minimum atomic E-state index is -0.493. The topological polar surface area (TPSA) is 64.6 Å². The van der Waals surface area contributed by atoms with Gasteiger partial charge in [0.1, 0.15) is 5.75 Å². The van der Waals surface area contributed by atoms with Crippen molar-refractivity contribution >= 4 is 11.9 Å². The van der Waals surface area contributed by atoms with Crippen molar-refractivity contribution in [3.63, 3.8) is 0 Å². The van der Waals surface area contributed by atoms with E-state index in [4.69, 9.17) is 9.47 Å². The number of rotatable bonds is 8. The Balaban J connectivity index is 1.69. The summed E-state index contributed by atoms with van der Waals surface area (Å²) in [5, 5.41) is 2.74. The number of hydrogen-bond donors (Lipinski definition) is 1. The van der Waals surface area contributed by atoms with E-state index in [1.807, 2.05) is 43.3 Å². The third kappa shape index (κ3) is 5.95. The van der Waals surface area contributed by atoms with Gasteiger partial charge in [0, 0.05) is 6.54 Å². The molecule has 0 radical (unpaired) electrons. The molecule has 0 spiro atoms. The van der Waals surface area contributed by atoms with Crippen LogP contribution < -0.4 is 10.1 Å². The molecule has 5 heteroatoms. The molecule has 2 rings (SSSR count). The molecule has 1 N–H and O–H groups in total. The quantitative estimate of drug-likeness (QED) is 0.750. The lowest BCUT2D eigenvalue weighted by Crippen LogP contribution is -2.30. The number of methoxy groups -OCH3 is 1. The Morgan fingerprint density at radius 2 is 1.60 bits per heavy atom. The maximum Gasteiger partial charge on any atom is 0.338 e. The van der Waals surface area contributed by atoms with Gasteiger partial charge in [0.2, 0.25) is 0 Å².